The van der Waals surface area contributed by atoms with Crippen LogP contribution >= 0.6 is 0 Å². The number of aliphatic carboxylic acids is 1. The molecule has 3 N–H and O–H groups in total. The molecular weight excluding hydrogens is 592 g/mol. The number of carbonyl (C=O) groups is 2. The van der Waals surface area contributed by atoms with Gasteiger partial charge in [-0.25, -0.2) is 9.59 Å². The van der Waals surface area contributed by atoms with Crippen molar-refractivity contribution in [1.82, 2.24) is 5.32 Å². The number of carboxylic acid groups (broad SMARTS) is 2. The second-order valence-corrected chi connectivity index (χ2v) is 10.4. The van der Waals surface area contributed by atoms with Gasteiger partial charge in [-0.15, -0.1) is 0 Å². The van der Waals surface area contributed by atoms with Crippen LogP contribution < -0.4 is 29.0 Å². The van der Waals surface area contributed by atoms with Crippen molar-refractivity contribution < 1.29 is 43.5 Å². The maximum atomic E-state index is 12.6. The summed E-state index contributed by atoms with van der Waals surface area (Å²) in [4.78, 5) is 28.8. The van der Waals surface area contributed by atoms with E-state index in [-0.39, 0.29) is 31.0 Å². The molecule has 0 bridgehead atoms. The van der Waals surface area contributed by atoms with Crippen molar-refractivity contribution in [3.8, 4) is 28.7 Å². The van der Waals surface area contributed by atoms with Crippen LogP contribution in [0.25, 0.3) is 5.57 Å². The fourth-order valence-electron chi connectivity index (χ4n) is 4.76. The molecule has 1 aliphatic heterocycles. The predicted octanol–water partition coefficient (Wildman–Crippen LogP) is 6.11. The van der Waals surface area contributed by atoms with Gasteiger partial charge >= 0.3 is 11.9 Å². The minimum absolute atomic E-state index is 0.0166. The van der Waals surface area contributed by atoms with E-state index in [0.717, 1.165) is 12.8 Å². The molecule has 0 unspecified atom stereocenters. The van der Waals surface area contributed by atoms with Gasteiger partial charge in [0.05, 0.1) is 26.1 Å². The number of aliphatic imine (C=N–C) groups is 1. The highest BCUT2D eigenvalue weighted by Crippen LogP contribution is 2.39. The van der Waals surface area contributed by atoms with Crippen LogP contribution in [0.1, 0.15) is 53.7 Å². The molecule has 0 amide bonds. The van der Waals surface area contributed by atoms with Crippen molar-refractivity contribution in [3.05, 3.63) is 94.2 Å². The number of benzene rings is 3. The Bertz CT molecular complexity index is 1660. The smallest absolute Gasteiger partial charge is 0.336 e. The van der Waals surface area contributed by atoms with E-state index in [4.69, 9.17) is 23.7 Å². The maximum Gasteiger partial charge on any atom is 0.336 e. The molecule has 3 aromatic carbocycles. The van der Waals surface area contributed by atoms with E-state index in [9.17, 15) is 19.8 Å². The molecule has 11 heteroatoms. The first-order valence-corrected chi connectivity index (χ1v) is 14.7. The van der Waals surface area contributed by atoms with E-state index in [0.29, 0.717) is 63.3 Å². The minimum Gasteiger partial charge on any atom is -0.497 e. The number of hydrogen-bond acceptors (Lipinski definition) is 8. The highest BCUT2D eigenvalue weighted by molar-refractivity contribution is 5.90. The van der Waals surface area contributed by atoms with Crippen molar-refractivity contribution in [2.24, 2.45) is 4.99 Å². The Morgan fingerprint density at radius 2 is 1.72 bits per heavy atom. The van der Waals surface area contributed by atoms with Crippen LogP contribution in [0.5, 0.6) is 28.7 Å². The van der Waals surface area contributed by atoms with E-state index in [2.05, 4.69) is 17.2 Å². The summed E-state index contributed by atoms with van der Waals surface area (Å²) in [6.07, 6.45) is 5.03. The molecule has 3 aromatic rings. The minimum atomic E-state index is -1.12. The molecule has 11 nitrogen and oxygen atoms in total. The Kier molecular flexibility index (Phi) is 11.7. The number of nitrogens with one attached hydrogen (secondary N) is 1. The number of nitrogens with zero attached hydrogens (tertiary/aromatic N) is 1. The molecule has 0 spiro atoms. The summed E-state index contributed by atoms with van der Waals surface area (Å²) in [5.41, 5.74) is 3.09. The zero-order chi connectivity index (χ0) is 33.1. The molecule has 0 aromatic heterocycles. The molecule has 1 heterocycles. The second-order valence-electron chi connectivity index (χ2n) is 10.4. The van der Waals surface area contributed by atoms with Gasteiger partial charge in [-0.3, -0.25) is 4.99 Å². The number of carboxylic acids is 2. The number of unbranched alkanes of at least 4 members (excludes halogenated alkanes) is 1. The first-order valence-electron chi connectivity index (χ1n) is 14.7. The van der Waals surface area contributed by atoms with E-state index in [1.54, 1.807) is 60.9 Å². The fraction of sp³-hybridized carbons (Fsp3) is 0.286. The average Bonchev–Trinajstić information content (AvgIpc) is 3.52. The SMILES string of the molecule is CCCC/N=C/NC(/C=C(\Cc1cc2c(cc1OC)OCO2)C(=O)O)=C(\C)c1ccc(OC)cc1OCc1ccccc1C(=O)O. The lowest BCUT2D eigenvalue weighted by atomic mass is 9.99. The Morgan fingerprint density at radius 1 is 0.957 bits per heavy atom. The number of rotatable bonds is 16. The number of ether oxygens (including phenoxy) is 5. The lowest BCUT2D eigenvalue weighted by Gasteiger charge is -2.17. The van der Waals surface area contributed by atoms with Crippen LogP contribution in [0, 0.1) is 0 Å². The lowest BCUT2D eigenvalue weighted by Crippen LogP contribution is -2.15. The van der Waals surface area contributed by atoms with Crippen LogP contribution in [0.3, 0.4) is 0 Å². The van der Waals surface area contributed by atoms with E-state index >= 15 is 0 Å². The van der Waals surface area contributed by atoms with Gasteiger partial charge in [0, 0.05) is 53.1 Å². The monoisotopic (exact) mass is 630 g/mol. The molecule has 0 atom stereocenters. The normalized spacial score (nSPS) is 12.9. The molecule has 242 valence electrons. The Balaban J connectivity index is 1.77. The van der Waals surface area contributed by atoms with Gasteiger partial charge in [0.25, 0.3) is 0 Å². The summed E-state index contributed by atoms with van der Waals surface area (Å²) in [5, 5.41) is 23.1. The van der Waals surface area contributed by atoms with E-state index in [1.165, 1.54) is 20.3 Å². The van der Waals surface area contributed by atoms with Crippen LogP contribution in [0.2, 0.25) is 0 Å². The molecule has 0 saturated heterocycles. The van der Waals surface area contributed by atoms with Gasteiger partial charge < -0.3 is 39.2 Å². The van der Waals surface area contributed by atoms with Gasteiger partial charge in [-0.05, 0) is 49.3 Å². The van der Waals surface area contributed by atoms with Gasteiger partial charge in [0.15, 0.2) is 11.5 Å². The summed E-state index contributed by atoms with van der Waals surface area (Å²) >= 11 is 0. The first-order chi connectivity index (χ1) is 22.2. The van der Waals surface area contributed by atoms with Crippen molar-refractivity contribution in [2.45, 2.75) is 39.7 Å². The van der Waals surface area contributed by atoms with Crippen LogP contribution in [0.15, 0.2) is 76.9 Å². The lowest BCUT2D eigenvalue weighted by molar-refractivity contribution is -0.132. The summed E-state index contributed by atoms with van der Waals surface area (Å²) in [7, 11) is 3.04. The van der Waals surface area contributed by atoms with Crippen LogP contribution in [-0.4, -0.2) is 56.0 Å². The van der Waals surface area contributed by atoms with Crippen LogP contribution in [-0.2, 0) is 17.8 Å². The molecule has 0 aliphatic carbocycles. The Labute approximate surface area is 267 Å². The third-order valence-corrected chi connectivity index (χ3v) is 7.33. The average molecular weight is 631 g/mol. The number of aromatic carboxylic acids is 1. The number of allylic oxidation sites excluding steroid dienone is 2. The van der Waals surface area contributed by atoms with Gasteiger partial charge in [0.1, 0.15) is 23.9 Å². The van der Waals surface area contributed by atoms with Gasteiger partial charge in [-0.2, -0.15) is 0 Å². The Morgan fingerprint density at radius 3 is 2.41 bits per heavy atom. The van der Waals surface area contributed by atoms with Crippen molar-refractivity contribution >= 4 is 23.9 Å². The van der Waals surface area contributed by atoms with Crippen molar-refractivity contribution in [2.75, 3.05) is 27.6 Å². The highest BCUT2D eigenvalue weighted by atomic mass is 16.7. The van der Waals surface area contributed by atoms with E-state index in [1.807, 2.05) is 6.92 Å². The molecular formula is C35H38N2O9. The zero-order valence-corrected chi connectivity index (χ0v) is 26.3. The summed E-state index contributed by atoms with van der Waals surface area (Å²) < 4.78 is 28.1. The highest BCUT2D eigenvalue weighted by Gasteiger charge is 2.21. The maximum absolute atomic E-state index is 12.6. The predicted molar refractivity (Wildman–Crippen MR) is 173 cm³/mol. The summed E-state index contributed by atoms with van der Waals surface area (Å²) in [5.74, 6) is 0.290. The molecule has 1 aliphatic rings. The molecule has 0 saturated carbocycles. The van der Waals surface area contributed by atoms with Crippen molar-refractivity contribution in [3.63, 3.8) is 0 Å². The van der Waals surface area contributed by atoms with Gasteiger partial charge in [0.2, 0.25) is 6.79 Å². The zero-order valence-electron chi connectivity index (χ0n) is 26.3. The molecule has 46 heavy (non-hydrogen) atoms. The fourth-order valence-corrected chi connectivity index (χ4v) is 4.76. The topological polar surface area (TPSA) is 145 Å². The molecule has 0 radical (unpaired) electrons. The van der Waals surface area contributed by atoms with Crippen LogP contribution in [0.4, 0.5) is 0 Å². The second kappa shape index (κ2) is 16.0. The van der Waals surface area contributed by atoms with E-state index < -0.39 is 11.9 Å². The number of fused-ring (bicyclic) bond motifs is 1. The van der Waals surface area contributed by atoms with Gasteiger partial charge in [-0.1, -0.05) is 31.5 Å². The largest absolute Gasteiger partial charge is 0.497 e. The van der Waals surface area contributed by atoms with Crippen molar-refractivity contribution in [1.29, 1.82) is 0 Å². The summed E-state index contributed by atoms with van der Waals surface area (Å²) in [6.45, 7) is 4.58. The Hall–Kier alpha value is -5.45. The third-order valence-electron chi connectivity index (χ3n) is 7.33. The first kappa shape index (κ1) is 33.4. The standard InChI is InChI=1S/C35H38N2O9/c1-5-6-13-36-20-37-29(15-25(34(38)39)14-24-16-32-33(46-21-45-32)18-30(24)43-4)22(2)27-12-11-26(42-3)17-31(27)44-19-23-9-7-8-10-28(23)35(40)41/h7-12,15-18,20H,5-6,13-14,19,21H2,1-4H3,(H,36,37)(H,38,39)(H,40,41)/b25-15+,29-22+. The molecule has 0 fully saturated rings. The molecule has 4 rings (SSSR count). The third kappa shape index (κ3) is 8.38. The quantitative estimate of drug-likeness (QED) is 0.0557. The number of methoxy groups -OCH3 is 2. The number of hydrogen-bond donors (Lipinski definition) is 3. The summed E-state index contributed by atoms with van der Waals surface area (Å²) in [6, 6.07) is 15.3.